The summed E-state index contributed by atoms with van der Waals surface area (Å²) in [6, 6.07) is 16.5. The molecule has 0 fully saturated rings. The Morgan fingerprint density at radius 2 is 1.24 bits per heavy atom. The Labute approximate surface area is 290 Å². The van der Waals surface area contributed by atoms with Gasteiger partial charge in [0, 0.05) is 31.5 Å². The third kappa shape index (κ3) is 16.0. The van der Waals surface area contributed by atoms with Gasteiger partial charge in [-0.2, -0.15) is 0 Å². The Bertz CT molecular complexity index is 1240. The quantitative estimate of drug-likeness (QED) is 0.135. The molecule has 2 aromatic carbocycles. The number of hydrogen-bond donors (Lipinski definition) is 3. The van der Waals surface area contributed by atoms with Gasteiger partial charge < -0.3 is 44.4 Å². The van der Waals surface area contributed by atoms with E-state index in [1.807, 2.05) is 52.0 Å². The number of carbonyl (C=O) groups is 3. The zero-order chi connectivity index (χ0) is 35.3. The van der Waals surface area contributed by atoms with Crippen LogP contribution in [0.15, 0.2) is 48.5 Å². The molecule has 0 bridgehead atoms. The number of alkyl carbamates (subject to hydrolysis) is 2. The van der Waals surface area contributed by atoms with Crippen molar-refractivity contribution in [3.05, 3.63) is 59.7 Å². The minimum Gasteiger partial charge on any atom is -0.449 e. The Morgan fingerprint density at radius 3 is 1.84 bits per heavy atom. The van der Waals surface area contributed by atoms with E-state index in [-0.39, 0.29) is 24.3 Å². The van der Waals surface area contributed by atoms with Crippen LogP contribution >= 0.6 is 0 Å². The molecule has 1 aliphatic carbocycles. The normalized spacial score (nSPS) is 12.9. The summed E-state index contributed by atoms with van der Waals surface area (Å²) < 4.78 is 32.5. The number of fused-ring (bicyclic) bond motifs is 3. The summed E-state index contributed by atoms with van der Waals surface area (Å²) in [7, 11) is 0. The number of benzene rings is 2. The zero-order valence-corrected chi connectivity index (χ0v) is 29.6. The molecule has 1 aliphatic rings. The van der Waals surface area contributed by atoms with Gasteiger partial charge in [-0.1, -0.05) is 48.5 Å². The molecule has 0 saturated heterocycles. The monoisotopic (exact) mass is 685 g/mol. The molecule has 2 aromatic rings. The maximum absolute atomic E-state index is 12.5. The highest BCUT2D eigenvalue weighted by molar-refractivity contribution is 5.79. The summed E-state index contributed by atoms with van der Waals surface area (Å²) in [4.78, 5) is 36.1. The Morgan fingerprint density at radius 1 is 0.694 bits per heavy atom. The fourth-order valence-corrected chi connectivity index (χ4v) is 5.27. The van der Waals surface area contributed by atoms with Gasteiger partial charge >= 0.3 is 12.2 Å². The fraction of sp³-hybridized carbons (Fsp3) is 0.595. The molecular formula is C37H55N3O9. The van der Waals surface area contributed by atoms with Crippen molar-refractivity contribution in [2.75, 3.05) is 72.6 Å². The van der Waals surface area contributed by atoms with Gasteiger partial charge in [0.1, 0.15) is 12.2 Å². The lowest BCUT2D eigenvalue weighted by molar-refractivity contribution is -0.122. The maximum atomic E-state index is 12.5. The van der Waals surface area contributed by atoms with E-state index in [2.05, 4.69) is 40.2 Å². The van der Waals surface area contributed by atoms with Gasteiger partial charge in [-0.25, -0.2) is 9.59 Å². The molecule has 0 heterocycles. The smallest absolute Gasteiger partial charge is 0.407 e. The second-order valence-electron chi connectivity index (χ2n) is 12.8. The molecule has 49 heavy (non-hydrogen) atoms. The lowest BCUT2D eigenvalue weighted by Gasteiger charge is -2.19. The van der Waals surface area contributed by atoms with Crippen LogP contribution in [0.4, 0.5) is 9.59 Å². The number of rotatable bonds is 23. The van der Waals surface area contributed by atoms with Crippen molar-refractivity contribution in [3.8, 4) is 11.1 Å². The lowest BCUT2D eigenvalue weighted by Crippen LogP contribution is -2.34. The molecule has 0 spiro atoms. The fourth-order valence-electron chi connectivity index (χ4n) is 5.27. The van der Waals surface area contributed by atoms with E-state index in [0.29, 0.717) is 72.6 Å². The maximum Gasteiger partial charge on any atom is 0.407 e. The minimum atomic E-state index is -0.523. The highest BCUT2D eigenvalue weighted by Crippen LogP contribution is 2.44. The topological polar surface area (TPSA) is 143 Å². The summed E-state index contributed by atoms with van der Waals surface area (Å²) in [5.41, 5.74) is 4.26. The first-order chi connectivity index (χ1) is 23.6. The van der Waals surface area contributed by atoms with Gasteiger partial charge in [-0.05, 0) is 69.2 Å². The van der Waals surface area contributed by atoms with Crippen LogP contribution < -0.4 is 16.0 Å². The third-order valence-electron chi connectivity index (χ3n) is 7.60. The molecule has 0 radical (unpaired) electrons. The number of hydrogen-bond acceptors (Lipinski definition) is 9. The van der Waals surface area contributed by atoms with E-state index in [1.54, 1.807) is 0 Å². The number of carbonyl (C=O) groups excluding carboxylic acids is 3. The highest BCUT2D eigenvalue weighted by atomic mass is 16.6. The van der Waals surface area contributed by atoms with E-state index in [9.17, 15) is 14.4 Å². The largest absolute Gasteiger partial charge is 0.449 e. The molecule has 1 atom stereocenters. The average Bonchev–Trinajstić information content (AvgIpc) is 3.38. The molecule has 12 heteroatoms. The van der Waals surface area contributed by atoms with Gasteiger partial charge in [0.05, 0.1) is 52.9 Å². The van der Waals surface area contributed by atoms with E-state index in [4.69, 9.17) is 28.4 Å². The van der Waals surface area contributed by atoms with Crippen LogP contribution in [0.5, 0.6) is 0 Å². The van der Waals surface area contributed by atoms with E-state index >= 15 is 0 Å². The first-order valence-electron chi connectivity index (χ1n) is 17.3. The first kappa shape index (κ1) is 39.7. The van der Waals surface area contributed by atoms with Crippen LogP contribution in [0.1, 0.15) is 70.4 Å². The van der Waals surface area contributed by atoms with Crippen molar-refractivity contribution >= 4 is 18.1 Å². The minimum absolute atomic E-state index is 0.0335. The molecule has 0 aromatic heterocycles. The molecule has 3 rings (SSSR count). The number of nitrogens with one attached hydrogen (secondary N) is 3. The van der Waals surface area contributed by atoms with Crippen molar-refractivity contribution in [1.29, 1.82) is 0 Å². The van der Waals surface area contributed by atoms with E-state index in [1.165, 1.54) is 22.3 Å². The van der Waals surface area contributed by atoms with Crippen LogP contribution in [-0.2, 0) is 33.2 Å². The van der Waals surface area contributed by atoms with Crippen LogP contribution in [0, 0.1) is 0 Å². The van der Waals surface area contributed by atoms with Gasteiger partial charge in [0.15, 0.2) is 0 Å². The molecule has 272 valence electrons. The molecule has 3 amide bonds. The predicted octanol–water partition coefficient (Wildman–Crippen LogP) is 5.18. The highest BCUT2D eigenvalue weighted by Gasteiger charge is 2.29. The third-order valence-corrected chi connectivity index (χ3v) is 7.60. The SMILES string of the molecule is C[C@H](CCCCNC(=O)CCOCCOCCOCCOCCNC(=O)OC(C)(C)C)NC(=O)OCC1c2ccccc2-c2ccccc21. The molecule has 0 saturated carbocycles. The van der Waals surface area contributed by atoms with Crippen molar-refractivity contribution in [3.63, 3.8) is 0 Å². The van der Waals surface area contributed by atoms with Gasteiger partial charge in [-0.15, -0.1) is 0 Å². The lowest BCUT2D eigenvalue weighted by atomic mass is 9.98. The van der Waals surface area contributed by atoms with Crippen molar-refractivity contribution in [2.45, 2.75) is 70.9 Å². The van der Waals surface area contributed by atoms with Crippen LogP contribution in [0.3, 0.4) is 0 Å². The van der Waals surface area contributed by atoms with Gasteiger partial charge in [0.25, 0.3) is 0 Å². The number of amides is 3. The van der Waals surface area contributed by atoms with Crippen molar-refractivity contribution < 1.29 is 42.8 Å². The molecular weight excluding hydrogens is 630 g/mol. The molecule has 0 aliphatic heterocycles. The predicted molar refractivity (Wildman–Crippen MR) is 187 cm³/mol. The average molecular weight is 686 g/mol. The van der Waals surface area contributed by atoms with Gasteiger partial charge in [-0.3, -0.25) is 4.79 Å². The van der Waals surface area contributed by atoms with Crippen molar-refractivity contribution in [1.82, 2.24) is 16.0 Å². The number of ether oxygens (including phenoxy) is 6. The van der Waals surface area contributed by atoms with E-state index < -0.39 is 17.8 Å². The first-order valence-corrected chi connectivity index (χ1v) is 17.3. The molecule has 3 N–H and O–H groups in total. The molecule has 0 unspecified atom stereocenters. The van der Waals surface area contributed by atoms with Crippen LogP contribution in [-0.4, -0.2) is 102 Å². The number of unbranched alkanes of at least 4 members (excludes halogenated alkanes) is 1. The Balaban J connectivity index is 1.07. The second-order valence-corrected chi connectivity index (χ2v) is 12.8. The zero-order valence-electron chi connectivity index (χ0n) is 29.6. The Kier molecular flexibility index (Phi) is 17.9. The van der Waals surface area contributed by atoms with Crippen molar-refractivity contribution in [2.24, 2.45) is 0 Å². The van der Waals surface area contributed by atoms with E-state index in [0.717, 1.165) is 19.3 Å². The van der Waals surface area contributed by atoms with Crippen LogP contribution in [0.25, 0.3) is 11.1 Å². The summed E-state index contributed by atoms with van der Waals surface area (Å²) in [6.45, 7) is 11.9. The summed E-state index contributed by atoms with van der Waals surface area (Å²) in [5.74, 6) is -0.0181. The van der Waals surface area contributed by atoms with Gasteiger partial charge in [0.2, 0.25) is 5.91 Å². The standard InChI is InChI=1S/C37H55N3O9/c1-28(40-36(43)48-27-33-31-14-7-5-12-29(31)30-13-6-8-15-32(30)33)11-9-10-17-38-34(41)16-19-44-21-23-46-25-26-47-24-22-45-20-18-39-35(42)49-37(2,3)4/h5-8,12-15,28,33H,9-11,16-27H2,1-4H3,(H,38,41)(H,39,42)(H,40,43)/t28-/m1/s1. The summed E-state index contributed by atoms with van der Waals surface area (Å²) in [5, 5.41) is 8.46. The summed E-state index contributed by atoms with van der Waals surface area (Å²) in [6.07, 6.45) is 1.88. The second kappa shape index (κ2) is 22.1. The molecule has 12 nitrogen and oxygen atoms in total. The summed E-state index contributed by atoms with van der Waals surface area (Å²) >= 11 is 0. The Hall–Kier alpha value is -3.71. The van der Waals surface area contributed by atoms with Crippen LogP contribution in [0.2, 0.25) is 0 Å².